The summed E-state index contributed by atoms with van der Waals surface area (Å²) in [6, 6.07) is 0. The molecule has 0 rings (SSSR count). The molecule has 0 saturated heterocycles. The molecule has 0 aromatic heterocycles. The molecule has 0 aliphatic carbocycles. The molecule has 0 aromatic rings. The van der Waals surface area contributed by atoms with Gasteiger partial charge in [0.1, 0.15) is 0 Å². The monoisotopic (exact) mass is 209 g/mol. The molecule has 0 N–H and O–H groups in total. The van der Waals surface area contributed by atoms with Gasteiger partial charge in [-0.05, 0) is 13.8 Å². The van der Waals surface area contributed by atoms with Crippen LogP contribution >= 0.6 is 7.75 Å². The summed E-state index contributed by atoms with van der Waals surface area (Å²) >= 11 is 0. The average Bonchev–Trinajstić information content (AvgIpc) is 2.05. The van der Waals surface area contributed by atoms with E-state index in [0.29, 0.717) is 6.54 Å². The molecule has 0 aliphatic heterocycles. The van der Waals surface area contributed by atoms with E-state index in [9.17, 15) is 9.36 Å². The molecule has 0 saturated carbocycles. The molecule has 5 nitrogen and oxygen atoms in total. The van der Waals surface area contributed by atoms with Crippen LogP contribution in [0.2, 0.25) is 0 Å². The molecule has 0 radical (unpaired) electrons. The summed E-state index contributed by atoms with van der Waals surface area (Å²) in [7, 11) is -2.12. The van der Waals surface area contributed by atoms with Crippen LogP contribution in [0.4, 0.5) is 0 Å². The number of hydrogen-bond acceptors (Lipinski definition) is 4. The zero-order chi connectivity index (χ0) is 10.5. The summed E-state index contributed by atoms with van der Waals surface area (Å²) in [5.41, 5.74) is 0. The van der Waals surface area contributed by atoms with Crippen LogP contribution < -0.4 is 0 Å². The van der Waals surface area contributed by atoms with E-state index in [1.165, 1.54) is 14.0 Å². The number of nitrogens with zero attached hydrogens (tertiary/aromatic N) is 1. The van der Waals surface area contributed by atoms with E-state index < -0.39 is 7.75 Å². The molecular formula is C7H16NO4P. The molecule has 1 atom stereocenters. The maximum atomic E-state index is 11.8. The van der Waals surface area contributed by atoms with Crippen molar-refractivity contribution in [3.63, 3.8) is 0 Å². The first kappa shape index (κ1) is 12.6. The van der Waals surface area contributed by atoms with Crippen molar-refractivity contribution in [1.29, 1.82) is 0 Å². The van der Waals surface area contributed by atoms with Crippen LogP contribution in [0.5, 0.6) is 0 Å². The van der Waals surface area contributed by atoms with Crippen LogP contribution in [0.1, 0.15) is 20.8 Å². The zero-order valence-electron chi connectivity index (χ0n) is 8.44. The number of carbonyl (C=O) groups is 1. The summed E-state index contributed by atoms with van der Waals surface area (Å²) in [6.07, 6.45) is 0. The summed E-state index contributed by atoms with van der Waals surface area (Å²) in [6.45, 7) is 5.29. The highest BCUT2D eigenvalue weighted by atomic mass is 31.2. The lowest BCUT2D eigenvalue weighted by molar-refractivity contribution is -0.125. The van der Waals surface area contributed by atoms with E-state index in [1.54, 1.807) is 13.8 Å². The van der Waals surface area contributed by atoms with Gasteiger partial charge < -0.3 is 0 Å². The summed E-state index contributed by atoms with van der Waals surface area (Å²) in [4.78, 5) is 11.0. The highest BCUT2D eigenvalue weighted by Crippen LogP contribution is 2.50. The minimum atomic E-state index is -3.38. The summed E-state index contributed by atoms with van der Waals surface area (Å²) in [5, 5.41) is 0. The van der Waals surface area contributed by atoms with E-state index in [4.69, 9.17) is 9.05 Å². The van der Waals surface area contributed by atoms with Crippen molar-refractivity contribution >= 4 is 13.7 Å². The third kappa shape index (κ3) is 3.10. The van der Waals surface area contributed by atoms with Gasteiger partial charge in [0, 0.05) is 20.6 Å². The minimum absolute atomic E-state index is 0.245. The van der Waals surface area contributed by atoms with Crippen LogP contribution in [0, 0.1) is 0 Å². The number of rotatable bonds is 5. The molecule has 0 heterocycles. The van der Waals surface area contributed by atoms with E-state index in [-0.39, 0.29) is 12.5 Å². The van der Waals surface area contributed by atoms with E-state index in [0.717, 1.165) is 4.67 Å². The Bertz CT molecular complexity index is 219. The van der Waals surface area contributed by atoms with Gasteiger partial charge in [0.15, 0.2) is 0 Å². The van der Waals surface area contributed by atoms with Gasteiger partial charge in [0.2, 0.25) is 5.91 Å². The number of amides is 1. The second-order valence-corrected chi connectivity index (χ2v) is 4.35. The fraction of sp³-hybridized carbons (Fsp3) is 0.857. The maximum Gasteiger partial charge on any atom is 0.437 e. The van der Waals surface area contributed by atoms with Crippen LogP contribution in [-0.4, -0.2) is 30.8 Å². The normalized spacial score (nSPS) is 15.1. The van der Waals surface area contributed by atoms with E-state index in [1.807, 2.05) is 0 Å². The van der Waals surface area contributed by atoms with Crippen LogP contribution in [0.15, 0.2) is 0 Å². The third-order valence-corrected chi connectivity index (χ3v) is 3.68. The predicted octanol–water partition coefficient (Wildman–Crippen LogP) is 1.65. The highest BCUT2D eigenvalue weighted by molar-refractivity contribution is 7.52. The van der Waals surface area contributed by atoms with Gasteiger partial charge in [0.05, 0.1) is 6.61 Å². The van der Waals surface area contributed by atoms with Gasteiger partial charge in [-0.2, -0.15) is 0 Å². The molecule has 6 heteroatoms. The Hall–Kier alpha value is -0.380. The predicted molar refractivity (Wildman–Crippen MR) is 49.3 cm³/mol. The zero-order valence-corrected chi connectivity index (χ0v) is 9.34. The molecule has 78 valence electrons. The van der Waals surface area contributed by atoms with Crippen molar-refractivity contribution < 1.29 is 18.4 Å². The second kappa shape index (κ2) is 5.37. The Kier molecular flexibility index (Phi) is 5.21. The van der Waals surface area contributed by atoms with E-state index in [2.05, 4.69) is 0 Å². The fourth-order valence-corrected chi connectivity index (χ4v) is 2.41. The largest absolute Gasteiger partial charge is 0.437 e. The molecule has 1 amide bonds. The van der Waals surface area contributed by atoms with Gasteiger partial charge in [-0.1, -0.05) is 0 Å². The summed E-state index contributed by atoms with van der Waals surface area (Å²) in [5.74, 6) is -0.318. The lowest BCUT2D eigenvalue weighted by Gasteiger charge is -2.26. The quantitative estimate of drug-likeness (QED) is 0.646. The Balaban J connectivity index is 4.70. The van der Waals surface area contributed by atoms with Gasteiger partial charge in [-0.3, -0.25) is 13.8 Å². The number of hydrogen-bond donors (Lipinski definition) is 0. The SMILES string of the molecule is CCOP(=O)(OC)N(CC)C(C)=O. The maximum absolute atomic E-state index is 11.8. The third-order valence-electron chi connectivity index (χ3n) is 1.48. The van der Waals surface area contributed by atoms with Crippen LogP contribution in [-0.2, 0) is 18.4 Å². The smallest absolute Gasteiger partial charge is 0.295 e. The van der Waals surface area contributed by atoms with Crippen molar-refractivity contribution in [2.45, 2.75) is 20.8 Å². The van der Waals surface area contributed by atoms with Crippen molar-refractivity contribution in [3.8, 4) is 0 Å². The van der Waals surface area contributed by atoms with Crippen molar-refractivity contribution in [3.05, 3.63) is 0 Å². The standard InChI is InChI=1S/C7H16NO4P/c1-5-8(7(3)9)13(10,11-4)12-6-2/h5-6H2,1-4H3. The van der Waals surface area contributed by atoms with Gasteiger partial charge in [0.25, 0.3) is 0 Å². The van der Waals surface area contributed by atoms with Crippen LogP contribution in [0.25, 0.3) is 0 Å². The first-order valence-corrected chi connectivity index (χ1v) is 5.60. The highest BCUT2D eigenvalue weighted by Gasteiger charge is 2.32. The molecule has 13 heavy (non-hydrogen) atoms. The van der Waals surface area contributed by atoms with Crippen LogP contribution in [0.3, 0.4) is 0 Å². The number of carbonyl (C=O) groups excluding carboxylic acids is 1. The lowest BCUT2D eigenvalue weighted by atomic mass is 10.6. The van der Waals surface area contributed by atoms with E-state index >= 15 is 0 Å². The molecule has 0 bridgehead atoms. The van der Waals surface area contributed by atoms with Crippen molar-refractivity contribution in [1.82, 2.24) is 4.67 Å². The molecule has 0 fully saturated rings. The molecule has 0 aromatic carbocycles. The topological polar surface area (TPSA) is 55.8 Å². The first-order chi connectivity index (χ1) is 6.01. The molecule has 0 aliphatic rings. The van der Waals surface area contributed by atoms with Gasteiger partial charge in [-0.15, -0.1) is 0 Å². The molecule has 0 spiro atoms. The second-order valence-electron chi connectivity index (χ2n) is 2.30. The van der Waals surface area contributed by atoms with Crippen molar-refractivity contribution in [2.75, 3.05) is 20.3 Å². The Morgan fingerprint density at radius 3 is 2.23 bits per heavy atom. The Morgan fingerprint density at radius 2 is 2.00 bits per heavy atom. The Morgan fingerprint density at radius 1 is 1.46 bits per heavy atom. The lowest BCUT2D eigenvalue weighted by Crippen LogP contribution is -2.27. The summed E-state index contributed by atoms with van der Waals surface area (Å²) < 4.78 is 22.6. The minimum Gasteiger partial charge on any atom is -0.295 e. The Labute approximate surface area is 78.6 Å². The fourth-order valence-electron chi connectivity index (χ4n) is 0.952. The average molecular weight is 209 g/mol. The first-order valence-electron chi connectivity index (χ1n) is 4.10. The molecular weight excluding hydrogens is 193 g/mol. The van der Waals surface area contributed by atoms with Gasteiger partial charge in [-0.25, -0.2) is 9.24 Å². The van der Waals surface area contributed by atoms with Crippen molar-refractivity contribution in [2.24, 2.45) is 0 Å². The van der Waals surface area contributed by atoms with Gasteiger partial charge >= 0.3 is 7.75 Å². The molecule has 1 unspecified atom stereocenters.